The molecule has 0 fully saturated rings. The number of aryl methyl sites for hydroxylation is 1. The first kappa shape index (κ1) is 18.2. The number of nitrogens with zero attached hydrogens (tertiary/aromatic N) is 3. The van der Waals surface area contributed by atoms with Crippen molar-refractivity contribution >= 4 is 10.0 Å². The van der Waals surface area contributed by atoms with Crippen LogP contribution in [-0.4, -0.2) is 62.5 Å². The van der Waals surface area contributed by atoms with Crippen LogP contribution in [0.1, 0.15) is 19.5 Å². The van der Waals surface area contributed by atoms with Crippen LogP contribution in [0.2, 0.25) is 0 Å². The van der Waals surface area contributed by atoms with Gasteiger partial charge in [0.2, 0.25) is 10.0 Å². The van der Waals surface area contributed by atoms with Gasteiger partial charge in [-0.2, -0.15) is 4.31 Å². The van der Waals surface area contributed by atoms with E-state index in [2.05, 4.69) is 5.32 Å². The minimum absolute atomic E-state index is 0.0667. The Bertz CT molecular complexity index is 551. The fourth-order valence-corrected chi connectivity index (χ4v) is 4.28. The Kier molecular flexibility index (Phi) is 6.40. The van der Waals surface area contributed by atoms with Crippen LogP contribution in [0.3, 0.4) is 0 Å². The molecule has 0 aromatic carbocycles. The average molecular weight is 316 g/mol. The third-order valence-corrected chi connectivity index (χ3v) is 5.53. The summed E-state index contributed by atoms with van der Waals surface area (Å²) in [6, 6.07) is 1.68. The highest BCUT2D eigenvalue weighted by atomic mass is 32.2. The Balaban J connectivity index is 3.09. The molecule has 1 rings (SSSR count). The van der Waals surface area contributed by atoms with E-state index in [1.807, 2.05) is 51.5 Å². The van der Waals surface area contributed by atoms with Crippen LogP contribution < -0.4 is 5.32 Å². The minimum Gasteiger partial charge on any atom is -0.352 e. The van der Waals surface area contributed by atoms with Crippen molar-refractivity contribution in [3.63, 3.8) is 0 Å². The Labute approximate surface area is 128 Å². The summed E-state index contributed by atoms with van der Waals surface area (Å²) >= 11 is 0. The van der Waals surface area contributed by atoms with Crippen LogP contribution >= 0.6 is 0 Å². The van der Waals surface area contributed by atoms with Gasteiger partial charge in [-0.05, 0) is 34.1 Å². The molecule has 0 saturated carbocycles. The lowest BCUT2D eigenvalue weighted by Crippen LogP contribution is -2.43. The van der Waals surface area contributed by atoms with Crippen molar-refractivity contribution in [2.45, 2.75) is 31.3 Å². The fourth-order valence-electron chi connectivity index (χ4n) is 2.55. The molecular formula is C14H28N4O2S. The summed E-state index contributed by atoms with van der Waals surface area (Å²) in [6.07, 6.45) is 1.69. The van der Waals surface area contributed by atoms with Gasteiger partial charge in [0.15, 0.2) is 0 Å². The predicted molar refractivity (Wildman–Crippen MR) is 85.8 cm³/mol. The number of nitrogens with one attached hydrogen (secondary N) is 1. The molecule has 0 aliphatic carbocycles. The third kappa shape index (κ3) is 4.29. The summed E-state index contributed by atoms with van der Waals surface area (Å²) in [5.41, 5.74) is 0.951. The number of aromatic nitrogens is 1. The summed E-state index contributed by atoms with van der Waals surface area (Å²) < 4.78 is 29.1. The largest absolute Gasteiger partial charge is 0.352 e. The third-order valence-electron chi connectivity index (χ3n) is 3.48. The highest BCUT2D eigenvalue weighted by Crippen LogP contribution is 2.20. The van der Waals surface area contributed by atoms with Crippen LogP contribution in [0.5, 0.6) is 0 Å². The standard InChI is InChI=1S/C14H28N4O2S/c1-7-18(12(2)10-16(4)5)21(19,20)14-8-13(9-15-3)17(6)11-14/h8,11-12,15H,7,9-10H2,1-6H3. The summed E-state index contributed by atoms with van der Waals surface area (Å²) in [4.78, 5) is 2.36. The van der Waals surface area contributed by atoms with Gasteiger partial charge in [-0.1, -0.05) is 6.92 Å². The maximum Gasteiger partial charge on any atom is 0.244 e. The number of hydrogen-bond acceptors (Lipinski definition) is 4. The molecule has 0 aliphatic heterocycles. The van der Waals surface area contributed by atoms with Gasteiger partial charge in [0.05, 0.1) is 0 Å². The number of hydrogen-bond donors (Lipinski definition) is 1. The molecule has 1 aromatic heterocycles. The van der Waals surface area contributed by atoms with Crippen molar-refractivity contribution in [1.29, 1.82) is 0 Å². The van der Waals surface area contributed by atoms with E-state index >= 15 is 0 Å². The van der Waals surface area contributed by atoms with Crippen molar-refractivity contribution in [3.05, 3.63) is 18.0 Å². The molecule has 7 heteroatoms. The molecule has 0 spiro atoms. The first-order valence-corrected chi connectivity index (χ1v) is 8.64. The van der Waals surface area contributed by atoms with Crippen molar-refractivity contribution in [3.8, 4) is 0 Å². The van der Waals surface area contributed by atoms with Crippen LogP contribution in [0.4, 0.5) is 0 Å². The van der Waals surface area contributed by atoms with Gasteiger partial charge in [-0.15, -0.1) is 0 Å². The smallest absolute Gasteiger partial charge is 0.244 e. The molecule has 0 saturated heterocycles. The molecule has 0 aliphatic rings. The molecule has 0 amide bonds. The molecule has 21 heavy (non-hydrogen) atoms. The SMILES string of the molecule is CCN(C(C)CN(C)C)S(=O)(=O)c1cc(CNC)n(C)c1. The van der Waals surface area contributed by atoms with Gasteiger partial charge in [0.1, 0.15) is 4.90 Å². The Morgan fingerprint density at radius 3 is 2.48 bits per heavy atom. The first-order chi connectivity index (χ1) is 9.73. The average Bonchev–Trinajstić information content (AvgIpc) is 2.72. The zero-order chi connectivity index (χ0) is 16.2. The van der Waals surface area contributed by atoms with Crippen molar-refractivity contribution in [2.75, 3.05) is 34.2 Å². The van der Waals surface area contributed by atoms with Crippen LogP contribution in [0, 0.1) is 0 Å². The van der Waals surface area contributed by atoms with E-state index in [1.54, 1.807) is 16.6 Å². The second-order valence-electron chi connectivity index (χ2n) is 5.63. The number of sulfonamides is 1. The topological polar surface area (TPSA) is 57.6 Å². The Morgan fingerprint density at radius 1 is 1.38 bits per heavy atom. The normalized spacial score (nSPS) is 14.1. The molecule has 6 nitrogen and oxygen atoms in total. The summed E-state index contributed by atoms with van der Waals surface area (Å²) in [5, 5.41) is 3.05. The van der Waals surface area contributed by atoms with Crippen molar-refractivity contribution < 1.29 is 8.42 Å². The Hall–Kier alpha value is -0.890. The molecule has 1 N–H and O–H groups in total. The lowest BCUT2D eigenvalue weighted by Gasteiger charge is -2.28. The molecule has 1 unspecified atom stereocenters. The van der Waals surface area contributed by atoms with Gasteiger partial charge in [0, 0.05) is 44.6 Å². The Morgan fingerprint density at radius 2 is 2.00 bits per heavy atom. The van der Waals surface area contributed by atoms with Crippen LogP contribution in [0.15, 0.2) is 17.2 Å². The summed E-state index contributed by atoms with van der Waals surface area (Å²) in [5.74, 6) is 0. The van der Waals surface area contributed by atoms with Crippen molar-refractivity contribution in [1.82, 2.24) is 19.1 Å². The zero-order valence-electron chi connectivity index (χ0n) is 13.9. The number of likely N-dealkylation sites (N-methyl/N-ethyl adjacent to an activating group) is 2. The van der Waals surface area contributed by atoms with E-state index in [4.69, 9.17) is 0 Å². The molecule has 1 heterocycles. The maximum atomic E-state index is 12.8. The first-order valence-electron chi connectivity index (χ1n) is 7.20. The quantitative estimate of drug-likeness (QED) is 0.767. The second-order valence-corrected chi connectivity index (χ2v) is 7.52. The highest BCUT2D eigenvalue weighted by molar-refractivity contribution is 7.89. The lowest BCUT2D eigenvalue weighted by molar-refractivity contribution is 0.271. The molecule has 0 radical (unpaired) electrons. The van der Waals surface area contributed by atoms with E-state index in [1.165, 1.54) is 0 Å². The van der Waals surface area contributed by atoms with E-state index < -0.39 is 10.0 Å². The minimum atomic E-state index is -3.46. The van der Waals surface area contributed by atoms with E-state index in [0.29, 0.717) is 24.5 Å². The zero-order valence-corrected chi connectivity index (χ0v) is 14.7. The van der Waals surface area contributed by atoms with Gasteiger partial charge in [-0.25, -0.2) is 8.42 Å². The van der Waals surface area contributed by atoms with E-state index in [0.717, 1.165) is 5.69 Å². The molecular weight excluding hydrogens is 288 g/mol. The number of rotatable bonds is 8. The van der Waals surface area contributed by atoms with E-state index in [9.17, 15) is 8.42 Å². The molecule has 122 valence electrons. The van der Waals surface area contributed by atoms with Crippen molar-refractivity contribution in [2.24, 2.45) is 7.05 Å². The van der Waals surface area contributed by atoms with Gasteiger partial charge >= 0.3 is 0 Å². The molecule has 1 aromatic rings. The monoisotopic (exact) mass is 316 g/mol. The predicted octanol–water partition coefficient (Wildman–Crippen LogP) is 0.705. The summed E-state index contributed by atoms with van der Waals surface area (Å²) in [7, 11) is 4.15. The fraction of sp³-hybridized carbons (Fsp3) is 0.714. The van der Waals surface area contributed by atoms with Gasteiger partial charge in [0.25, 0.3) is 0 Å². The highest BCUT2D eigenvalue weighted by Gasteiger charge is 2.29. The molecule has 0 bridgehead atoms. The van der Waals surface area contributed by atoms with Crippen LogP contribution in [0.25, 0.3) is 0 Å². The second kappa shape index (κ2) is 7.40. The van der Waals surface area contributed by atoms with Gasteiger partial charge < -0.3 is 14.8 Å². The maximum absolute atomic E-state index is 12.8. The van der Waals surface area contributed by atoms with E-state index in [-0.39, 0.29) is 6.04 Å². The van der Waals surface area contributed by atoms with Gasteiger partial charge in [-0.3, -0.25) is 0 Å². The lowest BCUT2D eigenvalue weighted by atomic mass is 10.3. The van der Waals surface area contributed by atoms with Crippen LogP contribution in [-0.2, 0) is 23.6 Å². The molecule has 1 atom stereocenters. The summed E-state index contributed by atoms with van der Waals surface area (Å²) in [6.45, 7) is 5.63.